The van der Waals surface area contributed by atoms with Gasteiger partial charge in [0.1, 0.15) is 0 Å². The van der Waals surface area contributed by atoms with Crippen LogP contribution in [0.25, 0.3) is 0 Å². The molecule has 0 aliphatic rings. The Morgan fingerprint density at radius 3 is 2.11 bits per heavy atom. The lowest BCUT2D eigenvalue weighted by Crippen LogP contribution is -2.52. The van der Waals surface area contributed by atoms with Gasteiger partial charge in [0.05, 0.1) is 6.04 Å². The third kappa shape index (κ3) is 5.49. The molecule has 0 radical (unpaired) electrons. The minimum atomic E-state index is -0.841. The van der Waals surface area contributed by atoms with E-state index in [1.54, 1.807) is 4.90 Å². The van der Waals surface area contributed by atoms with E-state index < -0.39 is 12.0 Å². The van der Waals surface area contributed by atoms with E-state index in [1.165, 1.54) is 0 Å². The van der Waals surface area contributed by atoms with Gasteiger partial charge in [0.2, 0.25) is 5.91 Å². The highest BCUT2D eigenvalue weighted by Gasteiger charge is 2.31. The van der Waals surface area contributed by atoms with Gasteiger partial charge in [-0.15, -0.1) is 0 Å². The fraction of sp³-hybridized carbons (Fsp3) is 0.846. The van der Waals surface area contributed by atoms with Crippen LogP contribution in [0, 0.1) is 5.41 Å². The first-order valence-corrected chi connectivity index (χ1v) is 6.35. The molecule has 3 N–H and O–H groups in total. The van der Waals surface area contributed by atoms with Crippen molar-refractivity contribution in [2.24, 2.45) is 11.1 Å². The Balaban J connectivity index is 4.60. The van der Waals surface area contributed by atoms with Crippen LogP contribution in [0.15, 0.2) is 0 Å². The van der Waals surface area contributed by atoms with Crippen LogP contribution in [0.1, 0.15) is 47.5 Å². The number of hydrogen-bond donors (Lipinski definition) is 2. The highest BCUT2D eigenvalue weighted by atomic mass is 16.4. The fourth-order valence-corrected chi connectivity index (χ4v) is 1.57. The zero-order valence-corrected chi connectivity index (χ0v) is 12.1. The maximum atomic E-state index is 12.3. The molecule has 0 aliphatic carbocycles. The number of aliphatic carboxylic acids is 1. The number of rotatable bonds is 6. The molecule has 0 bridgehead atoms. The van der Waals surface area contributed by atoms with E-state index in [4.69, 9.17) is 10.8 Å². The summed E-state index contributed by atoms with van der Waals surface area (Å²) in [6.45, 7) is 10.0. The Bertz CT molecular complexity index is 295. The second-order valence-corrected chi connectivity index (χ2v) is 5.97. The Kier molecular flexibility index (Phi) is 6.32. The van der Waals surface area contributed by atoms with Crippen LogP contribution < -0.4 is 5.73 Å². The summed E-state index contributed by atoms with van der Waals surface area (Å²) in [5, 5.41) is 8.61. The Labute approximate surface area is 109 Å². The van der Waals surface area contributed by atoms with Crippen molar-refractivity contribution in [1.29, 1.82) is 0 Å². The lowest BCUT2D eigenvalue weighted by atomic mass is 9.86. The Morgan fingerprint density at radius 2 is 1.78 bits per heavy atom. The van der Waals surface area contributed by atoms with Gasteiger partial charge in [0, 0.05) is 19.0 Å². The molecule has 0 unspecified atom stereocenters. The predicted octanol–water partition coefficient (Wildman–Crippen LogP) is 1.46. The molecule has 0 fully saturated rings. The van der Waals surface area contributed by atoms with Crippen molar-refractivity contribution in [3.05, 3.63) is 0 Å². The minimum absolute atomic E-state index is 0.0275. The average Bonchev–Trinajstić information content (AvgIpc) is 2.20. The van der Waals surface area contributed by atoms with E-state index in [1.807, 2.05) is 34.6 Å². The van der Waals surface area contributed by atoms with Gasteiger partial charge >= 0.3 is 5.97 Å². The van der Waals surface area contributed by atoms with Gasteiger partial charge in [-0.3, -0.25) is 9.59 Å². The molecule has 0 rings (SSSR count). The molecule has 1 atom stereocenters. The summed E-state index contributed by atoms with van der Waals surface area (Å²) < 4.78 is 0. The van der Waals surface area contributed by atoms with Crippen molar-refractivity contribution in [2.45, 2.75) is 59.5 Å². The summed E-state index contributed by atoms with van der Waals surface area (Å²) in [7, 11) is 0. The lowest BCUT2D eigenvalue weighted by Gasteiger charge is -2.34. The van der Waals surface area contributed by atoms with Gasteiger partial charge in [-0.05, 0) is 25.7 Å². The molecule has 0 heterocycles. The van der Waals surface area contributed by atoms with Crippen molar-refractivity contribution < 1.29 is 14.7 Å². The van der Waals surface area contributed by atoms with E-state index in [9.17, 15) is 9.59 Å². The van der Waals surface area contributed by atoms with Crippen molar-refractivity contribution in [2.75, 3.05) is 6.54 Å². The number of nitrogens with zero attached hydrogens (tertiary/aromatic N) is 1. The first-order chi connectivity index (χ1) is 8.07. The van der Waals surface area contributed by atoms with E-state index in [0.717, 1.165) is 0 Å². The monoisotopic (exact) mass is 258 g/mol. The molecule has 0 spiro atoms. The van der Waals surface area contributed by atoms with Crippen LogP contribution >= 0.6 is 0 Å². The average molecular weight is 258 g/mol. The van der Waals surface area contributed by atoms with Gasteiger partial charge in [-0.2, -0.15) is 0 Å². The van der Waals surface area contributed by atoms with E-state index in [0.29, 0.717) is 13.0 Å². The van der Waals surface area contributed by atoms with Crippen molar-refractivity contribution in [1.82, 2.24) is 4.90 Å². The minimum Gasteiger partial charge on any atom is -0.481 e. The summed E-state index contributed by atoms with van der Waals surface area (Å²) in [5.41, 5.74) is 5.66. The molecule has 0 aliphatic heterocycles. The summed E-state index contributed by atoms with van der Waals surface area (Å²) in [4.78, 5) is 24.4. The number of nitrogens with two attached hydrogens (primary N) is 1. The molecule has 5 heteroatoms. The fourth-order valence-electron chi connectivity index (χ4n) is 1.57. The summed E-state index contributed by atoms with van der Waals surface area (Å²) >= 11 is 0. The van der Waals surface area contributed by atoms with E-state index in [2.05, 4.69) is 0 Å². The van der Waals surface area contributed by atoms with Crippen molar-refractivity contribution in [3.63, 3.8) is 0 Å². The number of hydrogen-bond acceptors (Lipinski definition) is 3. The number of amides is 1. The zero-order valence-electron chi connectivity index (χ0n) is 12.1. The molecule has 1 amide bonds. The highest BCUT2D eigenvalue weighted by Crippen LogP contribution is 2.20. The highest BCUT2D eigenvalue weighted by molar-refractivity contribution is 5.82. The van der Waals surface area contributed by atoms with Crippen LogP contribution in [-0.2, 0) is 9.59 Å². The molecule has 5 nitrogen and oxygen atoms in total. The maximum Gasteiger partial charge on any atom is 0.303 e. The van der Waals surface area contributed by atoms with Gasteiger partial charge in [0.25, 0.3) is 0 Å². The van der Waals surface area contributed by atoms with Crippen LogP contribution in [0.3, 0.4) is 0 Å². The predicted molar refractivity (Wildman–Crippen MR) is 71.1 cm³/mol. The summed E-state index contributed by atoms with van der Waals surface area (Å²) in [6.07, 6.45) is 0.525. The first-order valence-electron chi connectivity index (χ1n) is 6.35. The first kappa shape index (κ1) is 16.9. The molecule has 0 saturated carbocycles. The molecule has 0 aromatic carbocycles. The third-order valence-electron chi connectivity index (χ3n) is 2.90. The number of carbonyl (C=O) groups excluding carboxylic acids is 1. The topological polar surface area (TPSA) is 83.6 Å². The second kappa shape index (κ2) is 6.73. The van der Waals surface area contributed by atoms with Gasteiger partial charge in [0.15, 0.2) is 0 Å². The molecule has 106 valence electrons. The van der Waals surface area contributed by atoms with Crippen molar-refractivity contribution >= 4 is 11.9 Å². The Morgan fingerprint density at radius 1 is 1.28 bits per heavy atom. The Hall–Kier alpha value is -1.10. The molecular formula is C13H26N2O3. The zero-order chi connectivity index (χ0) is 14.5. The molecular weight excluding hydrogens is 232 g/mol. The smallest absolute Gasteiger partial charge is 0.303 e. The number of carboxylic acid groups (broad SMARTS) is 1. The largest absolute Gasteiger partial charge is 0.481 e. The number of carbonyl (C=O) groups is 2. The normalized spacial score (nSPS) is 13.5. The van der Waals surface area contributed by atoms with Crippen LogP contribution in [0.5, 0.6) is 0 Å². The van der Waals surface area contributed by atoms with Crippen molar-refractivity contribution in [3.8, 4) is 0 Å². The molecule has 0 aromatic rings. The SMILES string of the molecule is CC(C)N(CCCC(=O)O)C(=O)[C@@H](N)C(C)(C)C. The summed E-state index contributed by atoms with van der Waals surface area (Å²) in [5.74, 6) is -0.950. The molecule has 0 aromatic heterocycles. The van der Waals surface area contributed by atoms with Gasteiger partial charge in [-0.1, -0.05) is 20.8 Å². The van der Waals surface area contributed by atoms with Crippen LogP contribution in [-0.4, -0.2) is 40.5 Å². The van der Waals surface area contributed by atoms with Gasteiger partial charge < -0.3 is 15.7 Å². The maximum absolute atomic E-state index is 12.3. The second-order valence-electron chi connectivity index (χ2n) is 5.97. The van der Waals surface area contributed by atoms with Gasteiger partial charge in [-0.25, -0.2) is 0 Å². The standard InChI is InChI=1S/C13H26N2O3/c1-9(2)15(8-6-7-10(16)17)12(18)11(14)13(3,4)5/h9,11H,6-8,14H2,1-5H3,(H,16,17)/t11-/m1/s1. The third-order valence-corrected chi connectivity index (χ3v) is 2.90. The quantitative estimate of drug-likeness (QED) is 0.755. The van der Waals surface area contributed by atoms with E-state index >= 15 is 0 Å². The number of carboxylic acids is 1. The molecule has 0 saturated heterocycles. The van der Waals surface area contributed by atoms with E-state index in [-0.39, 0.29) is 23.8 Å². The summed E-state index contributed by atoms with van der Waals surface area (Å²) in [6, 6.07) is -0.538. The lowest BCUT2D eigenvalue weighted by molar-refractivity contribution is -0.140. The van der Waals surface area contributed by atoms with Crippen LogP contribution in [0.2, 0.25) is 0 Å². The molecule has 18 heavy (non-hydrogen) atoms. The van der Waals surface area contributed by atoms with Crippen LogP contribution in [0.4, 0.5) is 0 Å².